The molecule has 0 aromatic heterocycles. The van der Waals surface area contributed by atoms with E-state index in [9.17, 15) is 9.59 Å². The van der Waals surface area contributed by atoms with E-state index >= 15 is 0 Å². The Hall–Kier alpha value is -2.33. The lowest BCUT2D eigenvalue weighted by Crippen LogP contribution is -2.40. The molecule has 1 heterocycles. The summed E-state index contributed by atoms with van der Waals surface area (Å²) in [4.78, 5) is 26.5. The largest absolute Gasteiger partial charge is 0.324 e. The molecule has 5 heteroatoms. The number of halogens is 1. The molecule has 0 aliphatic carbocycles. The van der Waals surface area contributed by atoms with Gasteiger partial charge in [0.2, 0.25) is 11.8 Å². The van der Waals surface area contributed by atoms with Crippen molar-refractivity contribution in [1.29, 1.82) is 0 Å². The van der Waals surface area contributed by atoms with Crippen LogP contribution in [-0.4, -0.2) is 17.9 Å². The molecule has 1 atom stereocenters. The molecule has 2 amide bonds. The third-order valence-corrected chi connectivity index (χ3v) is 4.15. The molecule has 1 unspecified atom stereocenters. The Bertz CT molecular complexity index is 743. The van der Waals surface area contributed by atoms with Crippen LogP contribution in [0.1, 0.15) is 18.9 Å². The van der Waals surface area contributed by atoms with E-state index in [0.717, 1.165) is 11.3 Å². The summed E-state index contributed by atoms with van der Waals surface area (Å²) in [5.74, 6) is -0.115. The number of anilines is 2. The molecule has 3 rings (SSSR count). The topological polar surface area (TPSA) is 49.4 Å². The van der Waals surface area contributed by atoms with Gasteiger partial charge in [0.25, 0.3) is 0 Å². The third kappa shape index (κ3) is 3.37. The van der Waals surface area contributed by atoms with Gasteiger partial charge in [-0.1, -0.05) is 35.9 Å². The first-order chi connectivity index (χ1) is 11.0. The first kappa shape index (κ1) is 15.6. The van der Waals surface area contributed by atoms with E-state index in [1.807, 2.05) is 43.3 Å². The summed E-state index contributed by atoms with van der Waals surface area (Å²) in [6, 6.07) is 14.4. The summed E-state index contributed by atoms with van der Waals surface area (Å²) in [5.41, 5.74) is 2.31. The van der Waals surface area contributed by atoms with Crippen LogP contribution in [-0.2, 0) is 16.0 Å². The number of carbonyl (C=O) groups is 2. The normalized spacial score (nSPS) is 17.2. The maximum atomic E-state index is 12.8. The van der Waals surface area contributed by atoms with Gasteiger partial charge in [-0.3, -0.25) is 9.59 Å². The van der Waals surface area contributed by atoms with E-state index in [2.05, 4.69) is 5.32 Å². The number of carbonyl (C=O) groups excluding carboxylic acids is 2. The highest BCUT2D eigenvalue weighted by molar-refractivity contribution is 6.30. The highest BCUT2D eigenvalue weighted by Crippen LogP contribution is 2.31. The number of para-hydroxylation sites is 2. The van der Waals surface area contributed by atoms with Gasteiger partial charge in [-0.25, -0.2) is 0 Å². The number of rotatable bonds is 2. The van der Waals surface area contributed by atoms with Crippen molar-refractivity contribution < 1.29 is 9.59 Å². The van der Waals surface area contributed by atoms with Gasteiger partial charge in [-0.15, -0.1) is 0 Å². The van der Waals surface area contributed by atoms with Gasteiger partial charge in [0, 0.05) is 17.5 Å². The molecule has 1 N–H and O–H groups in total. The number of hydrogen-bond donors (Lipinski definition) is 1. The van der Waals surface area contributed by atoms with Gasteiger partial charge >= 0.3 is 0 Å². The fourth-order valence-corrected chi connectivity index (χ4v) is 2.96. The Morgan fingerprint density at radius 2 is 1.91 bits per heavy atom. The van der Waals surface area contributed by atoms with Crippen LogP contribution in [0.25, 0.3) is 0 Å². The first-order valence-electron chi connectivity index (χ1n) is 7.50. The summed E-state index contributed by atoms with van der Waals surface area (Å²) in [6.45, 7) is 1.89. The SMILES string of the molecule is CC1CC(=O)Nc2ccccc2N1C(=O)Cc1ccc(Cl)cc1. The Kier molecular flexibility index (Phi) is 4.35. The predicted molar refractivity (Wildman–Crippen MR) is 91.8 cm³/mol. The van der Waals surface area contributed by atoms with Crippen LogP contribution in [0.3, 0.4) is 0 Å². The monoisotopic (exact) mass is 328 g/mol. The van der Waals surface area contributed by atoms with Crippen molar-refractivity contribution in [3.63, 3.8) is 0 Å². The van der Waals surface area contributed by atoms with Crippen molar-refractivity contribution in [3.8, 4) is 0 Å². The van der Waals surface area contributed by atoms with Crippen molar-refractivity contribution in [2.75, 3.05) is 10.2 Å². The van der Waals surface area contributed by atoms with Crippen LogP contribution in [0, 0.1) is 0 Å². The highest BCUT2D eigenvalue weighted by Gasteiger charge is 2.29. The first-order valence-corrected chi connectivity index (χ1v) is 7.88. The molecule has 0 spiro atoms. The second kappa shape index (κ2) is 6.42. The van der Waals surface area contributed by atoms with E-state index in [4.69, 9.17) is 11.6 Å². The minimum atomic E-state index is -0.196. The van der Waals surface area contributed by atoms with E-state index in [-0.39, 0.29) is 30.7 Å². The zero-order valence-electron chi connectivity index (χ0n) is 12.8. The van der Waals surface area contributed by atoms with Crippen LogP contribution >= 0.6 is 11.6 Å². The molecule has 118 valence electrons. The molecule has 1 aliphatic heterocycles. The van der Waals surface area contributed by atoms with Crippen molar-refractivity contribution >= 4 is 34.8 Å². The molecule has 0 bridgehead atoms. The molecule has 2 aromatic rings. The van der Waals surface area contributed by atoms with Crippen molar-refractivity contribution in [2.45, 2.75) is 25.8 Å². The zero-order valence-corrected chi connectivity index (χ0v) is 13.5. The summed E-state index contributed by atoms with van der Waals surface area (Å²) in [6.07, 6.45) is 0.547. The predicted octanol–water partition coefficient (Wildman–Crippen LogP) is 3.65. The fraction of sp³-hybridized carbons (Fsp3) is 0.222. The number of nitrogens with zero attached hydrogens (tertiary/aromatic N) is 1. The second-order valence-corrected chi connectivity index (χ2v) is 6.12. The Balaban J connectivity index is 1.91. The molecule has 1 aliphatic rings. The van der Waals surface area contributed by atoms with Gasteiger partial charge in [-0.05, 0) is 36.8 Å². The van der Waals surface area contributed by atoms with Crippen molar-refractivity contribution in [2.24, 2.45) is 0 Å². The van der Waals surface area contributed by atoms with Gasteiger partial charge in [0.1, 0.15) is 0 Å². The van der Waals surface area contributed by atoms with Crippen molar-refractivity contribution in [3.05, 3.63) is 59.1 Å². The molecular formula is C18H17ClN2O2. The van der Waals surface area contributed by atoms with Gasteiger partial charge in [-0.2, -0.15) is 0 Å². The smallest absolute Gasteiger partial charge is 0.231 e. The lowest BCUT2D eigenvalue weighted by Gasteiger charge is -2.28. The molecule has 0 fully saturated rings. The van der Waals surface area contributed by atoms with Gasteiger partial charge in [0.15, 0.2) is 0 Å². The fourth-order valence-electron chi connectivity index (χ4n) is 2.83. The third-order valence-electron chi connectivity index (χ3n) is 3.90. The number of amides is 2. The minimum Gasteiger partial charge on any atom is -0.324 e. The van der Waals surface area contributed by atoms with E-state index in [1.165, 1.54) is 0 Å². The minimum absolute atomic E-state index is 0.0382. The molecule has 23 heavy (non-hydrogen) atoms. The lowest BCUT2D eigenvalue weighted by atomic mass is 10.1. The number of nitrogens with one attached hydrogen (secondary N) is 1. The highest BCUT2D eigenvalue weighted by atomic mass is 35.5. The van der Waals surface area contributed by atoms with Crippen LogP contribution in [0.4, 0.5) is 11.4 Å². The summed E-state index contributed by atoms with van der Waals surface area (Å²) in [5, 5.41) is 3.50. The quantitative estimate of drug-likeness (QED) is 0.914. The Labute approximate surface area is 140 Å². The maximum absolute atomic E-state index is 12.8. The number of hydrogen-bond acceptors (Lipinski definition) is 2. The number of fused-ring (bicyclic) bond motifs is 1. The molecule has 0 saturated heterocycles. The van der Waals surface area contributed by atoms with Crippen LogP contribution in [0.5, 0.6) is 0 Å². The Morgan fingerprint density at radius 3 is 2.65 bits per heavy atom. The van der Waals surface area contributed by atoms with E-state index < -0.39 is 0 Å². The van der Waals surface area contributed by atoms with Crippen LogP contribution in [0.15, 0.2) is 48.5 Å². The molecular weight excluding hydrogens is 312 g/mol. The summed E-state index contributed by atoms with van der Waals surface area (Å²) < 4.78 is 0. The van der Waals surface area contributed by atoms with Gasteiger partial charge < -0.3 is 10.2 Å². The van der Waals surface area contributed by atoms with Crippen molar-refractivity contribution in [1.82, 2.24) is 0 Å². The molecule has 4 nitrogen and oxygen atoms in total. The molecule has 0 radical (unpaired) electrons. The summed E-state index contributed by atoms with van der Waals surface area (Å²) in [7, 11) is 0. The maximum Gasteiger partial charge on any atom is 0.231 e. The average Bonchev–Trinajstić information content (AvgIpc) is 2.63. The second-order valence-electron chi connectivity index (χ2n) is 5.69. The Morgan fingerprint density at radius 1 is 1.22 bits per heavy atom. The molecule has 2 aromatic carbocycles. The molecule has 0 saturated carbocycles. The average molecular weight is 329 g/mol. The van der Waals surface area contributed by atoms with E-state index in [0.29, 0.717) is 10.7 Å². The van der Waals surface area contributed by atoms with E-state index in [1.54, 1.807) is 17.0 Å². The van der Waals surface area contributed by atoms with Crippen LogP contribution < -0.4 is 10.2 Å². The van der Waals surface area contributed by atoms with Gasteiger partial charge in [0.05, 0.1) is 17.8 Å². The standard InChI is InChI=1S/C18H17ClN2O2/c1-12-10-17(22)20-15-4-2-3-5-16(15)21(12)18(23)11-13-6-8-14(19)9-7-13/h2-9,12H,10-11H2,1H3,(H,20,22). The zero-order chi connectivity index (χ0) is 16.4. The summed E-state index contributed by atoms with van der Waals surface area (Å²) >= 11 is 5.88. The number of benzene rings is 2. The lowest BCUT2D eigenvalue weighted by molar-refractivity contribution is -0.118. The van der Waals surface area contributed by atoms with Crippen LogP contribution in [0.2, 0.25) is 5.02 Å².